The van der Waals surface area contributed by atoms with E-state index in [0.717, 1.165) is 33.3 Å². The van der Waals surface area contributed by atoms with Crippen molar-refractivity contribution in [1.82, 2.24) is 10.3 Å². The van der Waals surface area contributed by atoms with Crippen LogP contribution in [0.3, 0.4) is 0 Å². The number of nitrogens with zero attached hydrogens (tertiary/aromatic N) is 1. The van der Waals surface area contributed by atoms with Gasteiger partial charge in [-0.2, -0.15) is 0 Å². The zero-order valence-electron chi connectivity index (χ0n) is 11.7. The van der Waals surface area contributed by atoms with E-state index in [2.05, 4.69) is 36.3 Å². The predicted octanol–water partition coefficient (Wildman–Crippen LogP) is 4.22. The van der Waals surface area contributed by atoms with Crippen molar-refractivity contribution in [3.8, 4) is 0 Å². The van der Waals surface area contributed by atoms with Crippen molar-refractivity contribution in [3.05, 3.63) is 49.9 Å². The number of benzene rings is 1. The first-order valence-electron chi connectivity index (χ1n) is 6.38. The molecule has 0 aliphatic rings. The fourth-order valence-corrected chi connectivity index (χ4v) is 3.34. The highest BCUT2D eigenvalue weighted by Crippen LogP contribution is 2.29. The molecular formula is C15H19ClN2S. The summed E-state index contributed by atoms with van der Waals surface area (Å²) in [5, 5.41) is 5.36. The van der Waals surface area contributed by atoms with Gasteiger partial charge in [-0.15, -0.1) is 11.3 Å². The van der Waals surface area contributed by atoms with Crippen LogP contribution in [0.4, 0.5) is 0 Å². The van der Waals surface area contributed by atoms with Crippen LogP contribution in [-0.4, -0.2) is 12.0 Å². The number of halogens is 1. The summed E-state index contributed by atoms with van der Waals surface area (Å²) in [7, 11) is 1.97. The average Bonchev–Trinajstić information content (AvgIpc) is 2.69. The van der Waals surface area contributed by atoms with Crippen LogP contribution in [0.2, 0.25) is 5.02 Å². The van der Waals surface area contributed by atoms with Crippen molar-refractivity contribution < 1.29 is 0 Å². The van der Waals surface area contributed by atoms with E-state index in [1.807, 2.05) is 20.0 Å². The highest BCUT2D eigenvalue weighted by atomic mass is 35.5. The summed E-state index contributed by atoms with van der Waals surface area (Å²) in [6, 6.07) is 6.39. The van der Waals surface area contributed by atoms with Crippen molar-refractivity contribution >= 4 is 22.9 Å². The van der Waals surface area contributed by atoms with Crippen LogP contribution in [0.1, 0.15) is 32.7 Å². The van der Waals surface area contributed by atoms with Crippen LogP contribution in [0.15, 0.2) is 18.2 Å². The van der Waals surface area contributed by atoms with Crippen molar-refractivity contribution in [3.63, 3.8) is 0 Å². The smallest absolute Gasteiger partial charge is 0.0949 e. The number of hydrogen-bond acceptors (Lipinski definition) is 3. The van der Waals surface area contributed by atoms with Crippen molar-refractivity contribution in [1.29, 1.82) is 0 Å². The van der Waals surface area contributed by atoms with Gasteiger partial charge in [-0.05, 0) is 38.9 Å². The standard InChI is InChI=1S/C15H19ClN2S/c1-9-6-5-7-12(15(9)16)13(17-4)8-14-18-10(2)11(3)19-14/h5-7,13,17H,8H2,1-4H3. The van der Waals surface area contributed by atoms with Gasteiger partial charge in [-0.3, -0.25) is 0 Å². The average molecular weight is 295 g/mol. The second-order valence-electron chi connectivity index (χ2n) is 4.77. The first-order valence-corrected chi connectivity index (χ1v) is 7.57. The molecule has 0 amide bonds. The molecule has 1 atom stereocenters. The SMILES string of the molecule is CNC(Cc1nc(C)c(C)s1)c1cccc(C)c1Cl. The number of hydrogen-bond donors (Lipinski definition) is 1. The van der Waals surface area contributed by atoms with Gasteiger partial charge in [0.15, 0.2) is 0 Å². The summed E-state index contributed by atoms with van der Waals surface area (Å²) >= 11 is 8.18. The summed E-state index contributed by atoms with van der Waals surface area (Å²) in [6.07, 6.45) is 0.874. The second kappa shape index (κ2) is 6.04. The van der Waals surface area contributed by atoms with E-state index in [1.54, 1.807) is 11.3 Å². The molecule has 0 spiro atoms. The van der Waals surface area contributed by atoms with E-state index >= 15 is 0 Å². The van der Waals surface area contributed by atoms with Crippen LogP contribution >= 0.6 is 22.9 Å². The molecule has 0 aliphatic heterocycles. The lowest BCUT2D eigenvalue weighted by Gasteiger charge is -2.17. The Labute approximate surface area is 123 Å². The van der Waals surface area contributed by atoms with Crippen LogP contribution in [0, 0.1) is 20.8 Å². The maximum absolute atomic E-state index is 6.41. The molecule has 1 aromatic carbocycles. The van der Waals surface area contributed by atoms with Gasteiger partial charge in [0.05, 0.1) is 10.7 Å². The second-order valence-corrected chi connectivity index (χ2v) is 6.44. The maximum Gasteiger partial charge on any atom is 0.0949 e. The topological polar surface area (TPSA) is 24.9 Å². The normalized spacial score (nSPS) is 12.7. The maximum atomic E-state index is 6.41. The summed E-state index contributed by atoms with van der Waals surface area (Å²) in [5.74, 6) is 0. The molecule has 2 rings (SSSR count). The number of aromatic nitrogens is 1. The number of aryl methyl sites for hydroxylation is 3. The van der Waals surface area contributed by atoms with Crippen LogP contribution in [-0.2, 0) is 6.42 Å². The van der Waals surface area contributed by atoms with Crippen molar-refractivity contribution in [2.75, 3.05) is 7.05 Å². The van der Waals surface area contributed by atoms with Gasteiger partial charge >= 0.3 is 0 Å². The summed E-state index contributed by atoms with van der Waals surface area (Å²) in [4.78, 5) is 5.90. The highest BCUT2D eigenvalue weighted by molar-refractivity contribution is 7.11. The molecule has 4 heteroatoms. The highest BCUT2D eigenvalue weighted by Gasteiger charge is 2.16. The molecule has 19 heavy (non-hydrogen) atoms. The number of thiazole rings is 1. The Morgan fingerprint density at radius 3 is 2.63 bits per heavy atom. The molecule has 1 aromatic heterocycles. The van der Waals surface area contributed by atoms with Crippen molar-refractivity contribution in [2.24, 2.45) is 0 Å². The number of likely N-dealkylation sites (N-methyl/N-ethyl adjacent to an activating group) is 1. The summed E-state index contributed by atoms with van der Waals surface area (Å²) in [6.45, 7) is 6.21. The van der Waals surface area contributed by atoms with E-state index in [1.165, 1.54) is 4.88 Å². The van der Waals surface area contributed by atoms with Crippen LogP contribution in [0.25, 0.3) is 0 Å². The van der Waals surface area contributed by atoms with Crippen molar-refractivity contribution in [2.45, 2.75) is 33.2 Å². The first kappa shape index (κ1) is 14.5. The Morgan fingerprint density at radius 2 is 2.05 bits per heavy atom. The minimum absolute atomic E-state index is 0.206. The Bertz CT molecular complexity index is 558. The van der Waals surface area contributed by atoms with Gasteiger partial charge in [-0.1, -0.05) is 29.8 Å². The Hall–Kier alpha value is -0.900. The van der Waals surface area contributed by atoms with E-state index in [-0.39, 0.29) is 6.04 Å². The zero-order chi connectivity index (χ0) is 14.0. The minimum atomic E-state index is 0.206. The molecule has 102 valence electrons. The monoisotopic (exact) mass is 294 g/mol. The summed E-state index contributed by atoms with van der Waals surface area (Å²) in [5.41, 5.74) is 3.39. The molecule has 1 unspecified atom stereocenters. The molecule has 0 fully saturated rings. The molecule has 0 bridgehead atoms. The minimum Gasteiger partial charge on any atom is -0.313 e. The fourth-order valence-electron chi connectivity index (χ4n) is 2.11. The molecular weight excluding hydrogens is 276 g/mol. The van der Waals surface area contributed by atoms with Gasteiger partial charge in [-0.25, -0.2) is 4.98 Å². The molecule has 0 saturated heterocycles. The zero-order valence-corrected chi connectivity index (χ0v) is 13.3. The lowest BCUT2D eigenvalue weighted by molar-refractivity contribution is 0.590. The third kappa shape index (κ3) is 3.16. The van der Waals surface area contributed by atoms with Crippen LogP contribution in [0.5, 0.6) is 0 Å². The van der Waals surface area contributed by atoms with Crippen LogP contribution < -0.4 is 5.32 Å². The lowest BCUT2D eigenvalue weighted by Crippen LogP contribution is -2.19. The molecule has 1 N–H and O–H groups in total. The summed E-state index contributed by atoms with van der Waals surface area (Å²) < 4.78 is 0. The molecule has 2 aromatic rings. The first-order chi connectivity index (χ1) is 9.02. The van der Waals surface area contributed by atoms with Gasteiger partial charge in [0, 0.05) is 22.4 Å². The van der Waals surface area contributed by atoms with E-state index in [0.29, 0.717) is 0 Å². The Balaban J connectivity index is 2.27. The lowest BCUT2D eigenvalue weighted by atomic mass is 10.0. The Kier molecular flexibility index (Phi) is 4.61. The molecule has 0 aliphatic carbocycles. The van der Waals surface area contributed by atoms with Gasteiger partial charge in [0.2, 0.25) is 0 Å². The largest absolute Gasteiger partial charge is 0.313 e. The molecule has 2 nitrogen and oxygen atoms in total. The van der Waals surface area contributed by atoms with E-state index < -0.39 is 0 Å². The number of nitrogens with one attached hydrogen (secondary N) is 1. The molecule has 0 saturated carbocycles. The van der Waals surface area contributed by atoms with Gasteiger partial charge in [0.25, 0.3) is 0 Å². The fraction of sp³-hybridized carbons (Fsp3) is 0.400. The molecule has 1 heterocycles. The van der Waals surface area contributed by atoms with E-state index in [4.69, 9.17) is 11.6 Å². The van der Waals surface area contributed by atoms with E-state index in [9.17, 15) is 0 Å². The number of rotatable bonds is 4. The predicted molar refractivity (Wildman–Crippen MR) is 83.3 cm³/mol. The van der Waals surface area contributed by atoms with Gasteiger partial charge in [0.1, 0.15) is 0 Å². The quantitative estimate of drug-likeness (QED) is 0.913. The third-order valence-electron chi connectivity index (χ3n) is 3.40. The third-order valence-corrected chi connectivity index (χ3v) is 5.01. The molecule has 0 radical (unpaired) electrons. The van der Waals surface area contributed by atoms with Gasteiger partial charge < -0.3 is 5.32 Å². The Morgan fingerprint density at radius 1 is 1.32 bits per heavy atom.